The van der Waals surface area contributed by atoms with Crippen LogP contribution in [0.4, 0.5) is 16.2 Å². The zero-order valence-electron chi connectivity index (χ0n) is 19.2. The number of hydrogen-bond acceptors (Lipinski definition) is 5. The average molecular weight is 458 g/mol. The molecule has 34 heavy (non-hydrogen) atoms. The molecule has 7 heteroatoms. The zero-order chi connectivity index (χ0) is 24.2. The summed E-state index contributed by atoms with van der Waals surface area (Å²) >= 11 is 0. The molecule has 1 unspecified atom stereocenters. The first-order valence-electron chi connectivity index (χ1n) is 11.1. The van der Waals surface area contributed by atoms with Crippen LogP contribution in [0.1, 0.15) is 27.0 Å². The lowest BCUT2D eigenvalue weighted by Gasteiger charge is -2.25. The van der Waals surface area contributed by atoms with E-state index in [-0.39, 0.29) is 25.5 Å². The molecular weight excluding hydrogens is 430 g/mol. The molecule has 7 nitrogen and oxygen atoms in total. The number of ketones is 1. The Morgan fingerprint density at radius 1 is 0.971 bits per heavy atom. The molecule has 2 amide bonds. The third kappa shape index (κ3) is 4.84. The molecule has 1 atom stereocenters. The average Bonchev–Trinajstić information content (AvgIpc) is 2.93. The van der Waals surface area contributed by atoms with E-state index in [0.717, 1.165) is 16.7 Å². The second kappa shape index (κ2) is 9.89. The molecule has 174 valence electrons. The second-order valence-corrected chi connectivity index (χ2v) is 8.41. The van der Waals surface area contributed by atoms with E-state index in [9.17, 15) is 14.4 Å². The Morgan fingerprint density at radius 2 is 1.68 bits per heavy atom. The number of nitrogens with two attached hydrogens (primary N) is 1. The smallest absolute Gasteiger partial charge is 0.414 e. The van der Waals surface area contributed by atoms with Gasteiger partial charge in [0.2, 0.25) is 5.91 Å². The van der Waals surface area contributed by atoms with Crippen molar-refractivity contribution in [3.63, 3.8) is 0 Å². The molecule has 1 aliphatic rings. The lowest BCUT2D eigenvalue weighted by Crippen LogP contribution is -2.49. The van der Waals surface area contributed by atoms with E-state index in [2.05, 4.69) is 0 Å². The highest BCUT2D eigenvalue weighted by Crippen LogP contribution is 2.34. The number of carbonyl (C=O) groups excluding carboxylic acids is 3. The normalized spacial score (nSPS) is 15.5. The molecule has 0 aliphatic carbocycles. The summed E-state index contributed by atoms with van der Waals surface area (Å²) in [4.78, 5) is 42.2. The van der Waals surface area contributed by atoms with Gasteiger partial charge in [-0.3, -0.25) is 14.5 Å². The molecule has 0 saturated carbocycles. The minimum atomic E-state index is -1.01. The predicted octanol–water partition coefficient (Wildman–Crippen LogP) is 4.00. The maximum Gasteiger partial charge on any atom is 0.414 e. The van der Waals surface area contributed by atoms with Gasteiger partial charge in [-0.25, -0.2) is 4.79 Å². The molecule has 2 N–H and O–H groups in total. The van der Waals surface area contributed by atoms with Crippen molar-refractivity contribution in [1.82, 2.24) is 0 Å². The molecule has 0 bridgehead atoms. The second-order valence-electron chi connectivity index (χ2n) is 8.41. The van der Waals surface area contributed by atoms with Crippen LogP contribution < -0.4 is 15.5 Å². The Kier molecular flexibility index (Phi) is 6.75. The van der Waals surface area contributed by atoms with Gasteiger partial charge >= 0.3 is 6.09 Å². The van der Waals surface area contributed by atoms with E-state index >= 15 is 0 Å². The van der Waals surface area contributed by atoms with Crippen LogP contribution in [0.5, 0.6) is 0 Å². The van der Waals surface area contributed by atoms with Crippen molar-refractivity contribution in [2.24, 2.45) is 5.73 Å². The van der Waals surface area contributed by atoms with Crippen molar-refractivity contribution < 1.29 is 19.1 Å². The lowest BCUT2D eigenvalue weighted by molar-refractivity contribution is -0.119. The molecule has 1 aliphatic heterocycles. The molecular formula is C27H27N3O4. The Hall–Kier alpha value is -3.97. The number of nitrogens with zero attached hydrogens (tertiary/aromatic N) is 2. The first-order valence-corrected chi connectivity index (χ1v) is 11.1. The van der Waals surface area contributed by atoms with Crippen LogP contribution in [0.25, 0.3) is 0 Å². The first kappa shape index (κ1) is 23.2. The highest BCUT2D eigenvalue weighted by atomic mass is 16.6. The molecule has 3 aromatic rings. The highest BCUT2D eigenvalue weighted by Gasteiger charge is 2.36. The fourth-order valence-electron chi connectivity index (χ4n) is 4.02. The largest absolute Gasteiger partial charge is 0.444 e. The number of carbonyl (C=O) groups is 3. The van der Waals surface area contributed by atoms with E-state index < -0.39 is 18.0 Å². The SMILES string of the molecule is Cc1ccc2c(c1)N(CC(=O)c1ccccc1C)C(=O)C(N)CN2C(=O)OCc1ccccc1. The number of ether oxygens (including phenoxy) is 1. The van der Waals surface area contributed by atoms with E-state index in [0.29, 0.717) is 16.9 Å². The summed E-state index contributed by atoms with van der Waals surface area (Å²) in [5.74, 6) is -0.627. The Labute approximate surface area is 198 Å². The Bertz CT molecular complexity index is 1230. The number of fused-ring (bicyclic) bond motifs is 1. The molecule has 3 aromatic carbocycles. The van der Waals surface area contributed by atoms with E-state index in [4.69, 9.17) is 10.5 Å². The van der Waals surface area contributed by atoms with Gasteiger partial charge in [0.05, 0.1) is 24.5 Å². The van der Waals surface area contributed by atoms with Crippen molar-refractivity contribution in [2.45, 2.75) is 26.5 Å². The van der Waals surface area contributed by atoms with Crippen molar-refractivity contribution in [2.75, 3.05) is 22.9 Å². The number of Topliss-reactive ketones (excluding diaryl/α,β-unsaturated/α-hetero) is 1. The van der Waals surface area contributed by atoms with Gasteiger partial charge in [-0.15, -0.1) is 0 Å². The Morgan fingerprint density at radius 3 is 2.41 bits per heavy atom. The number of aryl methyl sites for hydroxylation is 2. The van der Waals surface area contributed by atoms with Crippen molar-refractivity contribution >= 4 is 29.2 Å². The maximum atomic E-state index is 13.3. The summed E-state index contributed by atoms with van der Waals surface area (Å²) in [5.41, 5.74) is 10.2. The number of benzene rings is 3. The van der Waals surface area contributed by atoms with Gasteiger partial charge in [0.15, 0.2) is 5.78 Å². The van der Waals surface area contributed by atoms with Crippen LogP contribution in [-0.2, 0) is 16.1 Å². The quantitative estimate of drug-likeness (QED) is 0.585. The van der Waals surface area contributed by atoms with Gasteiger partial charge in [0.1, 0.15) is 12.6 Å². The third-order valence-electron chi connectivity index (χ3n) is 5.85. The summed E-state index contributed by atoms with van der Waals surface area (Å²) in [6.45, 7) is 3.59. The summed E-state index contributed by atoms with van der Waals surface area (Å²) in [6, 6.07) is 21.0. The van der Waals surface area contributed by atoms with E-state index in [1.54, 1.807) is 24.3 Å². The van der Waals surface area contributed by atoms with Crippen LogP contribution in [0.2, 0.25) is 0 Å². The third-order valence-corrected chi connectivity index (χ3v) is 5.85. The van der Waals surface area contributed by atoms with Crippen LogP contribution >= 0.6 is 0 Å². The first-order chi connectivity index (χ1) is 16.3. The fraction of sp³-hybridized carbons (Fsp3) is 0.222. The molecule has 0 radical (unpaired) electrons. The highest BCUT2D eigenvalue weighted by molar-refractivity contribution is 6.11. The van der Waals surface area contributed by atoms with Crippen molar-refractivity contribution in [3.05, 3.63) is 95.1 Å². The van der Waals surface area contributed by atoms with Gasteiger partial charge in [-0.2, -0.15) is 0 Å². The number of amides is 2. The van der Waals surface area contributed by atoms with Crippen molar-refractivity contribution in [3.8, 4) is 0 Å². The van der Waals surface area contributed by atoms with Gasteiger partial charge < -0.3 is 15.4 Å². The molecule has 0 spiro atoms. The number of anilines is 2. The molecule has 0 fully saturated rings. The minimum absolute atomic E-state index is 0.0580. The monoisotopic (exact) mass is 457 g/mol. The standard InChI is InChI=1S/C27H27N3O4/c1-18-12-13-23-24(14-18)29(16-25(31)21-11-7-6-8-19(21)2)26(32)22(28)15-30(23)27(33)34-17-20-9-4-3-5-10-20/h3-14,22H,15-17,28H2,1-2H3. The van der Waals surface area contributed by atoms with E-state index in [1.165, 1.54) is 9.80 Å². The molecule has 0 saturated heterocycles. The molecule has 0 aromatic heterocycles. The topological polar surface area (TPSA) is 92.9 Å². The Balaban J connectivity index is 1.66. The summed E-state index contributed by atoms with van der Waals surface area (Å²) in [7, 11) is 0. The van der Waals surface area contributed by atoms with Gasteiger partial charge in [-0.1, -0.05) is 60.7 Å². The summed E-state index contributed by atoms with van der Waals surface area (Å²) in [6.07, 6.45) is -0.607. The van der Waals surface area contributed by atoms with Crippen LogP contribution in [0.15, 0.2) is 72.8 Å². The lowest BCUT2D eigenvalue weighted by atomic mass is 10.0. The minimum Gasteiger partial charge on any atom is -0.444 e. The van der Waals surface area contributed by atoms with Crippen LogP contribution in [0, 0.1) is 13.8 Å². The van der Waals surface area contributed by atoms with Gasteiger partial charge in [-0.05, 0) is 42.7 Å². The summed E-state index contributed by atoms with van der Waals surface area (Å²) < 4.78 is 5.53. The van der Waals surface area contributed by atoms with E-state index in [1.807, 2.05) is 62.4 Å². The van der Waals surface area contributed by atoms with Crippen LogP contribution in [0.3, 0.4) is 0 Å². The zero-order valence-corrected chi connectivity index (χ0v) is 19.2. The van der Waals surface area contributed by atoms with Crippen LogP contribution in [-0.4, -0.2) is 36.9 Å². The number of hydrogen-bond donors (Lipinski definition) is 1. The molecule has 4 rings (SSSR count). The summed E-state index contributed by atoms with van der Waals surface area (Å²) in [5, 5.41) is 0. The van der Waals surface area contributed by atoms with Gasteiger partial charge in [0, 0.05) is 5.56 Å². The predicted molar refractivity (Wildman–Crippen MR) is 131 cm³/mol. The van der Waals surface area contributed by atoms with Crippen molar-refractivity contribution in [1.29, 1.82) is 0 Å². The molecule has 1 heterocycles. The van der Waals surface area contributed by atoms with Gasteiger partial charge in [0.25, 0.3) is 0 Å². The number of rotatable bonds is 5. The fourth-order valence-corrected chi connectivity index (χ4v) is 4.02. The maximum absolute atomic E-state index is 13.3.